The minimum absolute atomic E-state index is 0.124. The van der Waals surface area contributed by atoms with E-state index < -0.39 is 0 Å². The molecule has 4 aromatic rings. The van der Waals surface area contributed by atoms with Crippen LogP contribution in [-0.2, 0) is 0 Å². The number of nitrogens with zero attached hydrogens (tertiary/aromatic N) is 3. The van der Waals surface area contributed by atoms with Crippen LogP contribution in [0.4, 0.5) is 10.6 Å². The molecule has 9 nitrogen and oxygen atoms in total. The number of fused-ring (bicyclic) bond motifs is 2. The molecule has 1 unspecified atom stereocenters. The van der Waals surface area contributed by atoms with Gasteiger partial charge >= 0.3 is 6.03 Å². The number of carbonyl (C=O) groups excluding carboxylic acids is 1. The smallest absolute Gasteiger partial charge is 0.320 e. The third kappa shape index (κ3) is 3.45. The first kappa shape index (κ1) is 18.2. The van der Waals surface area contributed by atoms with Gasteiger partial charge < -0.3 is 14.6 Å². The molecule has 0 spiro atoms. The normalized spacial score (nSPS) is 15.8. The molecular formula is C21H20N6O3. The van der Waals surface area contributed by atoms with Gasteiger partial charge in [-0.2, -0.15) is 5.10 Å². The molecule has 1 aliphatic rings. The largest absolute Gasteiger partial charge is 0.493 e. The van der Waals surface area contributed by atoms with Gasteiger partial charge in [-0.1, -0.05) is 23.4 Å². The summed E-state index contributed by atoms with van der Waals surface area (Å²) in [6.07, 6.45) is 3.32. The molecule has 3 N–H and O–H groups in total. The quantitative estimate of drug-likeness (QED) is 0.476. The number of aryl methyl sites for hydroxylation is 1. The van der Waals surface area contributed by atoms with Crippen LogP contribution in [0.2, 0.25) is 0 Å². The number of hydrogen-bond acceptors (Lipinski definition) is 6. The van der Waals surface area contributed by atoms with Crippen molar-refractivity contribution in [2.45, 2.75) is 25.8 Å². The second-order valence-corrected chi connectivity index (χ2v) is 7.19. The number of urea groups is 1. The second-order valence-electron chi connectivity index (χ2n) is 7.19. The lowest BCUT2D eigenvalue weighted by Crippen LogP contribution is -2.32. The monoisotopic (exact) mass is 404 g/mol. The SMILES string of the molecule is Cc1cc(-c2n[nH]c3cc(NC(=O)NC4CCCOc5ccccc54)ncc23)no1. The molecule has 152 valence electrons. The molecule has 1 aromatic carbocycles. The Hall–Kier alpha value is -3.88. The van der Waals surface area contributed by atoms with E-state index in [0.29, 0.717) is 29.6 Å². The van der Waals surface area contributed by atoms with Crippen LogP contribution in [0, 0.1) is 6.92 Å². The average Bonchev–Trinajstić information content (AvgIpc) is 3.30. The molecular weight excluding hydrogens is 384 g/mol. The highest BCUT2D eigenvalue weighted by Crippen LogP contribution is 2.31. The van der Waals surface area contributed by atoms with Crippen LogP contribution in [-0.4, -0.2) is 33.0 Å². The van der Waals surface area contributed by atoms with E-state index in [2.05, 4.69) is 31.0 Å². The minimum atomic E-state index is -0.324. The van der Waals surface area contributed by atoms with Crippen molar-refractivity contribution in [3.63, 3.8) is 0 Å². The Kier molecular flexibility index (Phi) is 4.55. The number of aromatic nitrogens is 4. The van der Waals surface area contributed by atoms with Gasteiger partial charge in [-0.25, -0.2) is 9.78 Å². The van der Waals surface area contributed by atoms with Crippen molar-refractivity contribution in [1.29, 1.82) is 0 Å². The topological polar surface area (TPSA) is 118 Å². The third-order valence-electron chi connectivity index (χ3n) is 5.05. The second kappa shape index (κ2) is 7.51. The zero-order chi connectivity index (χ0) is 20.5. The molecule has 0 saturated heterocycles. The average molecular weight is 404 g/mol. The number of benzene rings is 1. The maximum atomic E-state index is 12.6. The molecule has 2 amide bonds. The number of carbonyl (C=O) groups is 1. The van der Waals surface area contributed by atoms with Crippen LogP contribution in [0.1, 0.15) is 30.2 Å². The molecule has 5 rings (SSSR count). The number of aromatic amines is 1. The number of amides is 2. The molecule has 3 aromatic heterocycles. The summed E-state index contributed by atoms with van der Waals surface area (Å²) in [6, 6.07) is 10.9. The predicted molar refractivity (Wildman–Crippen MR) is 110 cm³/mol. The number of anilines is 1. The van der Waals surface area contributed by atoms with Crippen molar-refractivity contribution in [2.24, 2.45) is 0 Å². The van der Waals surface area contributed by atoms with E-state index in [1.54, 1.807) is 12.3 Å². The van der Waals surface area contributed by atoms with Gasteiger partial charge in [0.1, 0.15) is 28.7 Å². The van der Waals surface area contributed by atoms with Crippen molar-refractivity contribution in [1.82, 2.24) is 25.7 Å². The van der Waals surface area contributed by atoms with Crippen molar-refractivity contribution in [2.75, 3.05) is 11.9 Å². The number of nitrogens with one attached hydrogen (secondary N) is 3. The maximum Gasteiger partial charge on any atom is 0.320 e. The van der Waals surface area contributed by atoms with Crippen LogP contribution in [0.15, 0.2) is 47.1 Å². The molecule has 0 saturated carbocycles. The first-order chi connectivity index (χ1) is 14.7. The molecule has 0 aliphatic carbocycles. The molecule has 1 aliphatic heterocycles. The molecule has 1 atom stereocenters. The summed E-state index contributed by atoms with van der Waals surface area (Å²) in [6.45, 7) is 2.46. The van der Waals surface area contributed by atoms with E-state index in [9.17, 15) is 4.79 Å². The van der Waals surface area contributed by atoms with Crippen molar-refractivity contribution >= 4 is 22.8 Å². The number of pyridine rings is 1. The Morgan fingerprint density at radius 1 is 1.27 bits per heavy atom. The van der Waals surface area contributed by atoms with E-state index in [0.717, 1.165) is 35.1 Å². The van der Waals surface area contributed by atoms with E-state index in [4.69, 9.17) is 9.26 Å². The first-order valence-electron chi connectivity index (χ1n) is 9.74. The van der Waals surface area contributed by atoms with Gasteiger partial charge in [0.15, 0.2) is 0 Å². The fraction of sp³-hybridized carbons (Fsp3) is 0.238. The summed E-state index contributed by atoms with van der Waals surface area (Å²) < 4.78 is 10.9. The lowest BCUT2D eigenvalue weighted by atomic mass is 10.0. The van der Waals surface area contributed by atoms with E-state index in [-0.39, 0.29) is 12.1 Å². The van der Waals surface area contributed by atoms with Gasteiger partial charge in [0.2, 0.25) is 0 Å². The minimum Gasteiger partial charge on any atom is -0.493 e. The fourth-order valence-corrected chi connectivity index (χ4v) is 3.64. The fourth-order valence-electron chi connectivity index (χ4n) is 3.64. The van der Waals surface area contributed by atoms with Gasteiger partial charge in [-0.3, -0.25) is 10.4 Å². The summed E-state index contributed by atoms with van der Waals surface area (Å²) in [5.41, 5.74) is 3.01. The Morgan fingerprint density at radius 3 is 3.03 bits per heavy atom. The van der Waals surface area contributed by atoms with Crippen LogP contribution in [0.25, 0.3) is 22.3 Å². The zero-order valence-electron chi connectivity index (χ0n) is 16.3. The molecule has 0 radical (unpaired) electrons. The highest BCUT2D eigenvalue weighted by atomic mass is 16.5. The van der Waals surface area contributed by atoms with E-state index in [1.807, 2.05) is 37.3 Å². The number of hydrogen-bond donors (Lipinski definition) is 3. The Morgan fingerprint density at radius 2 is 2.17 bits per heavy atom. The van der Waals surface area contributed by atoms with Crippen molar-refractivity contribution < 1.29 is 14.1 Å². The van der Waals surface area contributed by atoms with E-state index >= 15 is 0 Å². The van der Waals surface area contributed by atoms with Crippen molar-refractivity contribution in [3.05, 3.63) is 53.9 Å². The lowest BCUT2D eigenvalue weighted by Gasteiger charge is -2.18. The lowest BCUT2D eigenvalue weighted by molar-refractivity contribution is 0.247. The van der Waals surface area contributed by atoms with Gasteiger partial charge in [-0.05, 0) is 25.8 Å². The van der Waals surface area contributed by atoms with Crippen LogP contribution < -0.4 is 15.4 Å². The molecule has 30 heavy (non-hydrogen) atoms. The number of para-hydroxylation sites is 1. The van der Waals surface area contributed by atoms with Gasteiger partial charge in [0, 0.05) is 29.3 Å². The van der Waals surface area contributed by atoms with Crippen molar-refractivity contribution in [3.8, 4) is 17.1 Å². The first-order valence-corrected chi connectivity index (χ1v) is 9.74. The summed E-state index contributed by atoms with van der Waals surface area (Å²) in [4.78, 5) is 17.0. The standard InChI is InChI=1S/C21H20N6O3/c1-12-9-17(27-30-12)20-14-11-22-19(10-16(14)25-26-20)24-21(28)23-15-6-4-8-29-18-7-3-2-5-13(15)18/h2-3,5,7,9-11,15H,4,6,8H2,1H3,(H,25,26)(H2,22,23,24,28). The summed E-state index contributed by atoms with van der Waals surface area (Å²) >= 11 is 0. The Balaban J connectivity index is 1.33. The molecule has 9 heteroatoms. The molecule has 4 heterocycles. The van der Waals surface area contributed by atoms with Gasteiger partial charge in [0.25, 0.3) is 0 Å². The van der Waals surface area contributed by atoms with Crippen LogP contribution in [0.5, 0.6) is 5.75 Å². The number of H-pyrrole nitrogens is 1. The maximum absolute atomic E-state index is 12.6. The van der Waals surface area contributed by atoms with Gasteiger partial charge in [0.05, 0.1) is 18.2 Å². The van der Waals surface area contributed by atoms with Gasteiger partial charge in [-0.15, -0.1) is 0 Å². The van der Waals surface area contributed by atoms with Crippen LogP contribution >= 0.6 is 0 Å². The zero-order valence-corrected chi connectivity index (χ0v) is 16.3. The molecule has 0 fully saturated rings. The molecule has 0 bridgehead atoms. The highest BCUT2D eigenvalue weighted by molar-refractivity contribution is 5.95. The summed E-state index contributed by atoms with van der Waals surface area (Å²) in [5, 5.41) is 17.9. The van der Waals surface area contributed by atoms with E-state index in [1.165, 1.54) is 0 Å². The summed E-state index contributed by atoms with van der Waals surface area (Å²) in [7, 11) is 0. The highest BCUT2D eigenvalue weighted by Gasteiger charge is 2.21. The number of rotatable bonds is 3. The third-order valence-corrected chi connectivity index (χ3v) is 5.05. The Labute approximate surface area is 171 Å². The summed E-state index contributed by atoms with van der Waals surface area (Å²) in [5.74, 6) is 1.94. The Bertz CT molecular complexity index is 1210. The number of ether oxygens (including phenoxy) is 1. The van der Waals surface area contributed by atoms with Crippen LogP contribution in [0.3, 0.4) is 0 Å². The predicted octanol–water partition coefficient (Wildman–Crippen LogP) is 3.96.